The number of carboxylic acids is 1. The summed E-state index contributed by atoms with van der Waals surface area (Å²) in [4.78, 5) is 26.7. The van der Waals surface area contributed by atoms with E-state index in [0.29, 0.717) is 19.3 Å². The van der Waals surface area contributed by atoms with Gasteiger partial charge in [0.15, 0.2) is 5.25 Å². The Bertz CT molecular complexity index is 761. The summed E-state index contributed by atoms with van der Waals surface area (Å²) in [5.74, 6) is -3.23. The number of hydrogen-bond acceptors (Lipinski definition) is 9. The summed E-state index contributed by atoms with van der Waals surface area (Å²) in [6, 6.07) is 0. The molecule has 0 aromatic carbocycles. The van der Waals surface area contributed by atoms with Crippen molar-refractivity contribution in [1.29, 1.82) is 0 Å². The molecule has 2 unspecified atom stereocenters. The summed E-state index contributed by atoms with van der Waals surface area (Å²) < 4.78 is 37.3. The standard InChI is InChI=1S/C24H43NO9S.2Na/c1-2-3-4-11-14-20(34-24(30)21(19-23(28)29)35(31,32)33)15-12-9-7-5-6-8-10-13-16-22(27)25-17-18-26;;/h9,12,20-21,26H,2-8,10-11,13-19H2,1H3,(H,25,27)(H,28,29)(H,31,32,33);;/q;2*+1/p-2/b12-9+;;. The third-order valence-corrected chi connectivity index (χ3v) is 6.43. The van der Waals surface area contributed by atoms with Crippen LogP contribution in [0.4, 0.5) is 0 Å². The predicted molar refractivity (Wildman–Crippen MR) is 129 cm³/mol. The second kappa shape index (κ2) is 26.3. The number of carbonyl (C=O) groups excluding carboxylic acids is 2. The van der Waals surface area contributed by atoms with Gasteiger partial charge in [0.2, 0.25) is 0 Å². The molecule has 0 spiro atoms. The molecule has 0 rings (SSSR count). The molecule has 0 fully saturated rings. The summed E-state index contributed by atoms with van der Waals surface area (Å²) in [6.45, 7) is 2.10. The van der Waals surface area contributed by atoms with Crippen molar-refractivity contribution in [2.45, 2.75) is 108 Å². The summed E-state index contributed by atoms with van der Waals surface area (Å²) in [5.41, 5.74) is 0. The Hall–Kier alpha value is 0.0200. The van der Waals surface area contributed by atoms with Crippen molar-refractivity contribution in [3.05, 3.63) is 12.2 Å². The van der Waals surface area contributed by atoms with Crippen LogP contribution >= 0.6 is 0 Å². The van der Waals surface area contributed by atoms with Gasteiger partial charge in [0.1, 0.15) is 6.10 Å². The molecule has 0 heterocycles. The second-order valence-corrected chi connectivity index (χ2v) is 10.1. The maximum absolute atomic E-state index is 12.3. The molecule has 0 amide bonds. The Kier molecular flexibility index (Phi) is 29.4. The first-order chi connectivity index (χ1) is 16.6. The van der Waals surface area contributed by atoms with Gasteiger partial charge in [-0.1, -0.05) is 57.6 Å². The number of aliphatic imine (C=N–C) groups is 1. The molecule has 0 aliphatic heterocycles. The number of carboxylic acid groups (broad SMARTS) is 1. The largest absolute Gasteiger partial charge is 1.00 e. The molecule has 2 N–H and O–H groups in total. The molecule has 0 saturated carbocycles. The maximum Gasteiger partial charge on any atom is 1.00 e. The van der Waals surface area contributed by atoms with Crippen LogP contribution in [0.2, 0.25) is 0 Å². The molecule has 0 aromatic heterocycles. The van der Waals surface area contributed by atoms with Crippen molar-refractivity contribution in [3.8, 4) is 0 Å². The van der Waals surface area contributed by atoms with E-state index in [9.17, 15) is 32.8 Å². The molecular formula is C24H41NNa2O9S. The maximum atomic E-state index is 12.3. The Morgan fingerprint density at radius 2 is 1.59 bits per heavy atom. The third kappa shape index (κ3) is 24.8. The Balaban J connectivity index is -0.00000578. The van der Waals surface area contributed by atoms with Gasteiger partial charge in [-0.3, -0.25) is 9.35 Å². The fourth-order valence-electron chi connectivity index (χ4n) is 3.41. The van der Waals surface area contributed by atoms with E-state index in [1.165, 1.54) is 0 Å². The zero-order valence-electron chi connectivity index (χ0n) is 22.7. The number of aliphatic hydroxyl groups is 1. The number of nitrogens with zero attached hydrogens (tertiary/aromatic N) is 1. The van der Waals surface area contributed by atoms with Crippen LogP contribution < -0.4 is 69.3 Å². The third-order valence-electron chi connectivity index (χ3n) is 5.35. The van der Waals surface area contributed by atoms with E-state index in [2.05, 4.69) is 11.9 Å². The van der Waals surface area contributed by atoms with E-state index >= 15 is 0 Å². The van der Waals surface area contributed by atoms with Gasteiger partial charge in [0.25, 0.3) is 10.1 Å². The van der Waals surface area contributed by atoms with E-state index in [1.54, 1.807) is 0 Å². The fourth-order valence-corrected chi connectivity index (χ4v) is 4.06. The Morgan fingerprint density at radius 1 is 0.973 bits per heavy atom. The van der Waals surface area contributed by atoms with E-state index in [0.717, 1.165) is 64.2 Å². The van der Waals surface area contributed by atoms with Crippen LogP contribution in [0.3, 0.4) is 0 Å². The van der Waals surface area contributed by atoms with Crippen LogP contribution in [0.25, 0.3) is 0 Å². The number of allylic oxidation sites excluding steroid dienone is 1. The topological polar surface area (TPSA) is 176 Å². The van der Waals surface area contributed by atoms with E-state index in [4.69, 9.17) is 9.84 Å². The minimum atomic E-state index is -4.93. The molecule has 0 saturated heterocycles. The van der Waals surface area contributed by atoms with Crippen LogP contribution in [0, 0.1) is 0 Å². The predicted octanol–water partition coefficient (Wildman–Crippen LogP) is -4.30. The number of carbonyl (C=O) groups is 2. The van der Waals surface area contributed by atoms with Gasteiger partial charge in [-0.25, -0.2) is 0 Å². The monoisotopic (exact) mass is 565 g/mol. The molecular weight excluding hydrogens is 524 g/mol. The second-order valence-electron chi connectivity index (χ2n) is 8.50. The molecule has 0 bridgehead atoms. The summed E-state index contributed by atoms with van der Waals surface area (Å²) >= 11 is 0. The van der Waals surface area contributed by atoms with Crippen molar-refractivity contribution in [3.63, 3.8) is 0 Å². The summed E-state index contributed by atoms with van der Waals surface area (Å²) in [7, 11) is -4.93. The Morgan fingerprint density at radius 3 is 2.19 bits per heavy atom. The zero-order chi connectivity index (χ0) is 26.5. The Labute approximate surface area is 266 Å². The van der Waals surface area contributed by atoms with Crippen LogP contribution in [0.15, 0.2) is 17.1 Å². The van der Waals surface area contributed by atoms with Crippen LogP contribution in [-0.4, -0.2) is 60.4 Å². The van der Waals surface area contributed by atoms with Crippen molar-refractivity contribution >= 4 is 28.0 Å². The minimum absolute atomic E-state index is 0. The first-order valence-corrected chi connectivity index (χ1v) is 13.9. The van der Waals surface area contributed by atoms with Gasteiger partial charge in [-0.2, -0.15) is 8.42 Å². The first-order valence-electron chi connectivity index (χ1n) is 12.4. The zero-order valence-corrected chi connectivity index (χ0v) is 27.5. The fraction of sp³-hybridized carbons (Fsp3) is 0.792. The van der Waals surface area contributed by atoms with E-state index in [-0.39, 0.29) is 78.2 Å². The molecule has 37 heavy (non-hydrogen) atoms. The van der Waals surface area contributed by atoms with Crippen LogP contribution in [0.1, 0.15) is 96.8 Å². The summed E-state index contributed by atoms with van der Waals surface area (Å²) in [5, 5.41) is 28.6. The van der Waals surface area contributed by atoms with Gasteiger partial charge in [-0.05, 0) is 44.4 Å². The van der Waals surface area contributed by atoms with Gasteiger partial charge in [-0.15, -0.1) is 0 Å². The smallest absolute Gasteiger partial charge is 0.862 e. The number of aliphatic hydroxyl groups excluding tert-OH is 1. The van der Waals surface area contributed by atoms with Crippen molar-refractivity contribution in [2.75, 3.05) is 13.2 Å². The van der Waals surface area contributed by atoms with Gasteiger partial charge < -0.3 is 29.8 Å². The molecule has 0 radical (unpaired) electrons. The van der Waals surface area contributed by atoms with Crippen molar-refractivity contribution in [1.82, 2.24) is 0 Å². The summed E-state index contributed by atoms with van der Waals surface area (Å²) in [6.07, 6.45) is 12.5. The van der Waals surface area contributed by atoms with E-state index in [1.807, 2.05) is 12.2 Å². The van der Waals surface area contributed by atoms with Gasteiger partial charge in [0.05, 0.1) is 13.2 Å². The number of rotatable bonds is 22. The van der Waals surface area contributed by atoms with Gasteiger partial charge in [0, 0.05) is 18.8 Å². The molecule has 0 aliphatic carbocycles. The van der Waals surface area contributed by atoms with E-state index < -0.39 is 39.8 Å². The average Bonchev–Trinajstić information content (AvgIpc) is 2.78. The minimum Gasteiger partial charge on any atom is -0.862 e. The van der Waals surface area contributed by atoms with Crippen LogP contribution in [-0.2, 0) is 24.4 Å². The first kappa shape index (κ1) is 41.5. The average molecular weight is 566 g/mol. The number of esters is 1. The normalized spacial score (nSPS) is 13.4. The molecule has 0 aliphatic rings. The number of ether oxygens (including phenoxy) is 1. The van der Waals surface area contributed by atoms with Crippen LogP contribution in [0.5, 0.6) is 0 Å². The quantitative estimate of drug-likeness (QED) is 0.0250. The molecule has 2 atom stereocenters. The number of aliphatic carboxylic acids is 1. The van der Waals surface area contributed by atoms with Crippen molar-refractivity contribution in [2.24, 2.45) is 4.99 Å². The molecule has 0 aromatic rings. The number of unbranched alkanes of at least 4 members (excludes halogenated alkanes) is 8. The van der Waals surface area contributed by atoms with Crippen molar-refractivity contribution < 1.29 is 102 Å². The molecule has 13 heteroatoms. The molecule has 10 nitrogen and oxygen atoms in total. The van der Waals surface area contributed by atoms with Gasteiger partial charge >= 0.3 is 65.1 Å². The molecule has 204 valence electrons. The number of hydrogen-bond donors (Lipinski definition) is 2. The SMILES string of the molecule is CCCCCCC(C/C=C/CCCCCCCC([O-])=NCCO)OC(=O)C(CC(=O)[O-])S(=O)(=O)O.[Na+].[Na+].